The minimum atomic E-state index is 0.243. The van der Waals surface area contributed by atoms with Crippen LogP contribution in [0.2, 0.25) is 0 Å². The summed E-state index contributed by atoms with van der Waals surface area (Å²) in [5, 5.41) is 13.6. The summed E-state index contributed by atoms with van der Waals surface area (Å²) in [5.41, 5.74) is 9.80. The molecule has 6 nitrogen and oxygen atoms in total. The first-order valence-corrected chi connectivity index (χ1v) is 8.70. The van der Waals surface area contributed by atoms with Crippen LogP contribution in [0.3, 0.4) is 0 Å². The molecule has 0 unspecified atom stereocenters. The third kappa shape index (κ3) is 2.91. The van der Waals surface area contributed by atoms with Crippen LogP contribution >= 0.6 is 15.9 Å². The minimum Gasteiger partial charge on any atom is -0.368 e. The summed E-state index contributed by atoms with van der Waals surface area (Å²) < 4.78 is 2.22. The van der Waals surface area contributed by atoms with E-state index < -0.39 is 0 Å². The van der Waals surface area contributed by atoms with Crippen LogP contribution in [-0.4, -0.2) is 19.6 Å². The number of fused-ring (bicyclic) bond motifs is 1. The minimum absolute atomic E-state index is 0.243. The molecule has 0 atom stereocenters. The average Bonchev–Trinajstić information content (AvgIpc) is 3.10. The van der Waals surface area contributed by atoms with Gasteiger partial charge in [0.2, 0.25) is 5.95 Å². The third-order valence-corrected chi connectivity index (χ3v) is 4.70. The van der Waals surface area contributed by atoms with Gasteiger partial charge in [-0.25, -0.2) is 9.97 Å². The van der Waals surface area contributed by atoms with Gasteiger partial charge in [-0.05, 0) is 33.6 Å². The lowest BCUT2D eigenvalue weighted by atomic mass is 10.1. The van der Waals surface area contributed by atoms with Gasteiger partial charge in [-0.15, -0.1) is 5.10 Å². The number of anilines is 1. The molecule has 0 saturated carbocycles. The van der Waals surface area contributed by atoms with Gasteiger partial charge in [-0.3, -0.25) is 0 Å². The molecule has 4 aromatic rings. The first kappa shape index (κ1) is 16.2. The van der Waals surface area contributed by atoms with Gasteiger partial charge in [-0.2, -0.15) is 9.78 Å². The number of rotatable bonds is 3. The molecule has 2 heterocycles. The van der Waals surface area contributed by atoms with E-state index in [9.17, 15) is 0 Å². The molecule has 0 aliphatic heterocycles. The van der Waals surface area contributed by atoms with Crippen molar-refractivity contribution in [1.29, 1.82) is 5.26 Å². The number of nitrogen functional groups attached to an aromatic ring is 1. The number of nitriles is 1. The molecular weight excluding hydrogens is 392 g/mol. The highest BCUT2D eigenvalue weighted by molar-refractivity contribution is 9.10. The zero-order valence-corrected chi connectivity index (χ0v) is 15.2. The SMILES string of the molecule is N#Cc1cccc(-c2nc(N)n3nc(Cc4ccccc4)nc3c2Br)c1. The van der Waals surface area contributed by atoms with E-state index >= 15 is 0 Å². The molecule has 126 valence electrons. The average molecular weight is 405 g/mol. The molecule has 0 aliphatic rings. The number of hydrogen-bond donors (Lipinski definition) is 1. The van der Waals surface area contributed by atoms with Crippen LogP contribution in [-0.2, 0) is 6.42 Å². The van der Waals surface area contributed by atoms with E-state index in [1.165, 1.54) is 4.52 Å². The van der Waals surface area contributed by atoms with Crippen molar-refractivity contribution in [2.24, 2.45) is 0 Å². The van der Waals surface area contributed by atoms with Crippen LogP contribution in [0, 0.1) is 11.3 Å². The number of hydrogen-bond acceptors (Lipinski definition) is 5. The molecule has 0 fully saturated rings. The smallest absolute Gasteiger partial charge is 0.223 e. The third-order valence-electron chi connectivity index (χ3n) is 3.97. The van der Waals surface area contributed by atoms with E-state index in [1.807, 2.05) is 42.5 Å². The quantitative estimate of drug-likeness (QED) is 0.562. The van der Waals surface area contributed by atoms with Crippen LogP contribution in [0.5, 0.6) is 0 Å². The van der Waals surface area contributed by atoms with Crippen LogP contribution < -0.4 is 5.73 Å². The molecule has 2 aromatic carbocycles. The Labute approximate surface area is 158 Å². The van der Waals surface area contributed by atoms with Crippen molar-refractivity contribution in [3.8, 4) is 17.3 Å². The van der Waals surface area contributed by atoms with Gasteiger partial charge in [0.1, 0.15) is 0 Å². The first-order chi connectivity index (χ1) is 12.7. The lowest BCUT2D eigenvalue weighted by molar-refractivity contribution is 0.889. The van der Waals surface area contributed by atoms with Crippen LogP contribution in [0.15, 0.2) is 59.1 Å². The van der Waals surface area contributed by atoms with Crippen molar-refractivity contribution >= 4 is 27.5 Å². The van der Waals surface area contributed by atoms with E-state index in [4.69, 9.17) is 11.0 Å². The highest BCUT2D eigenvalue weighted by atomic mass is 79.9. The second-order valence-corrected chi connectivity index (χ2v) is 6.54. The van der Waals surface area contributed by atoms with Gasteiger partial charge < -0.3 is 5.73 Å². The first-order valence-electron chi connectivity index (χ1n) is 7.91. The van der Waals surface area contributed by atoms with Crippen molar-refractivity contribution in [3.05, 3.63) is 76.0 Å². The summed E-state index contributed by atoms with van der Waals surface area (Å²) in [4.78, 5) is 9.07. The summed E-state index contributed by atoms with van der Waals surface area (Å²) >= 11 is 3.57. The Kier molecular flexibility index (Phi) is 4.11. The Morgan fingerprint density at radius 3 is 2.65 bits per heavy atom. The van der Waals surface area contributed by atoms with E-state index in [1.54, 1.807) is 12.1 Å². The fourth-order valence-corrected chi connectivity index (χ4v) is 3.33. The molecule has 7 heteroatoms. The van der Waals surface area contributed by atoms with Gasteiger partial charge in [0, 0.05) is 12.0 Å². The van der Waals surface area contributed by atoms with Crippen LogP contribution in [0.25, 0.3) is 16.9 Å². The monoisotopic (exact) mass is 404 g/mol. The molecule has 26 heavy (non-hydrogen) atoms. The summed E-state index contributed by atoms with van der Waals surface area (Å²) in [5.74, 6) is 0.903. The highest BCUT2D eigenvalue weighted by Gasteiger charge is 2.17. The molecule has 0 spiro atoms. The standard InChI is InChI=1S/C19H13BrN6/c20-16-17(14-8-4-7-13(9-14)11-21)24-19(22)26-18(16)23-15(25-26)10-12-5-2-1-3-6-12/h1-9H,10H2,(H2,22,24). The van der Waals surface area contributed by atoms with E-state index in [0.717, 1.165) is 11.1 Å². The van der Waals surface area contributed by atoms with Gasteiger partial charge in [0.05, 0.1) is 21.8 Å². The molecule has 0 aliphatic carbocycles. The highest BCUT2D eigenvalue weighted by Crippen LogP contribution is 2.31. The number of halogens is 1. The number of aromatic nitrogens is 4. The molecular formula is C19H13BrN6. The molecule has 4 rings (SSSR count). The van der Waals surface area contributed by atoms with E-state index in [0.29, 0.717) is 33.6 Å². The Bertz CT molecular complexity index is 1140. The zero-order valence-electron chi connectivity index (χ0n) is 13.6. The summed E-state index contributed by atoms with van der Waals surface area (Å²) in [6.07, 6.45) is 0.605. The Morgan fingerprint density at radius 1 is 1.08 bits per heavy atom. The van der Waals surface area contributed by atoms with Crippen LogP contribution in [0.1, 0.15) is 17.0 Å². The van der Waals surface area contributed by atoms with Gasteiger partial charge in [-0.1, -0.05) is 42.5 Å². The molecule has 2 N–H and O–H groups in total. The van der Waals surface area contributed by atoms with Crippen LogP contribution in [0.4, 0.5) is 5.95 Å². The lowest BCUT2D eigenvalue weighted by Crippen LogP contribution is -2.04. The summed E-state index contributed by atoms with van der Waals surface area (Å²) in [6.45, 7) is 0. The summed E-state index contributed by atoms with van der Waals surface area (Å²) in [6, 6.07) is 19.3. The van der Waals surface area contributed by atoms with Crippen molar-refractivity contribution in [2.45, 2.75) is 6.42 Å². The van der Waals surface area contributed by atoms with Crippen molar-refractivity contribution < 1.29 is 0 Å². The summed E-state index contributed by atoms with van der Waals surface area (Å²) in [7, 11) is 0. The maximum Gasteiger partial charge on any atom is 0.223 e. The number of nitrogens with zero attached hydrogens (tertiary/aromatic N) is 5. The topological polar surface area (TPSA) is 92.9 Å². The van der Waals surface area contributed by atoms with Gasteiger partial charge in [0.15, 0.2) is 11.5 Å². The lowest BCUT2D eigenvalue weighted by Gasteiger charge is -2.07. The Hall–Kier alpha value is -3.24. The predicted molar refractivity (Wildman–Crippen MR) is 102 cm³/mol. The Balaban J connectivity index is 1.82. The number of nitrogens with two attached hydrogens (primary N) is 1. The number of benzene rings is 2. The zero-order chi connectivity index (χ0) is 18.1. The maximum absolute atomic E-state index is 9.11. The van der Waals surface area contributed by atoms with Crippen molar-refractivity contribution in [1.82, 2.24) is 19.6 Å². The fraction of sp³-hybridized carbons (Fsp3) is 0.0526. The fourth-order valence-electron chi connectivity index (χ4n) is 2.75. The van der Waals surface area contributed by atoms with Gasteiger partial charge >= 0.3 is 0 Å². The van der Waals surface area contributed by atoms with Crippen molar-refractivity contribution in [3.63, 3.8) is 0 Å². The molecule has 0 bridgehead atoms. The normalized spacial score (nSPS) is 10.8. The van der Waals surface area contributed by atoms with E-state index in [-0.39, 0.29) is 5.95 Å². The Morgan fingerprint density at radius 2 is 1.88 bits per heavy atom. The maximum atomic E-state index is 9.11. The molecule has 0 amide bonds. The second kappa shape index (κ2) is 6.58. The molecule has 0 saturated heterocycles. The largest absolute Gasteiger partial charge is 0.368 e. The second-order valence-electron chi connectivity index (χ2n) is 5.75. The predicted octanol–water partition coefficient (Wildman–Crippen LogP) is 3.60. The van der Waals surface area contributed by atoms with E-state index in [2.05, 4.69) is 37.1 Å². The van der Waals surface area contributed by atoms with Gasteiger partial charge in [0.25, 0.3) is 0 Å². The van der Waals surface area contributed by atoms with Crippen molar-refractivity contribution in [2.75, 3.05) is 5.73 Å². The molecule has 0 radical (unpaired) electrons. The molecule has 2 aromatic heterocycles.